The smallest absolute Gasteiger partial charge is 0.0835 e. The highest BCUT2D eigenvalue weighted by molar-refractivity contribution is 9.09. The Morgan fingerprint density at radius 1 is 1.29 bits per heavy atom. The van der Waals surface area contributed by atoms with Gasteiger partial charge in [0.2, 0.25) is 0 Å². The van der Waals surface area contributed by atoms with Crippen molar-refractivity contribution in [1.29, 1.82) is 0 Å². The topological polar surface area (TPSA) is 30.7 Å². The number of aromatic nitrogens is 3. The summed E-state index contributed by atoms with van der Waals surface area (Å²) in [5, 5.41) is 10.1. The second-order valence-corrected chi connectivity index (χ2v) is 5.14. The summed E-state index contributed by atoms with van der Waals surface area (Å²) in [5.74, 6) is 0. The minimum Gasteiger partial charge on any atom is -0.248 e. The normalized spacial score (nSPS) is 10.8. The van der Waals surface area contributed by atoms with Crippen LogP contribution >= 0.6 is 39.1 Å². The van der Waals surface area contributed by atoms with Crippen LogP contribution in [-0.4, -0.2) is 20.3 Å². The lowest BCUT2D eigenvalue weighted by Crippen LogP contribution is -2.01. The predicted octanol–water partition coefficient (Wildman–Crippen LogP) is 3.57. The summed E-state index contributed by atoms with van der Waals surface area (Å²) in [7, 11) is 0. The average Bonchev–Trinajstić information content (AvgIpc) is 2.73. The fourth-order valence-electron chi connectivity index (χ4n) is 1.47. The summed E-state index contributed by atoms with van der Waals surface area (Å²) in [4.78, 5) is 0. The molecule has 0 atom stereocenters. The first-order valence-corrected chi connectivity index (χ1v) is 6.96. The molecule has 0 bridgehead atoms. The highest BCUT2D eigenvalue weighted by Gasteiger charge is 2.06. The van der Waals surface area contributed by atoms with Crippen molar-refractivity contribution in [3.8, 4) is 0 Å². The molecule has 0 unspecified atom stereocenters. The Balaban J connectivity index is 2.16. The van der Waals surface area contributed by atoms with E-state index in [-0.39, 0.29) is 0 Å². The van der Waals surface area contributed by atoms with Gasteiger partial charge in [-0.2, -0.15) is 0 Å². The van der Waals surface area contributed by atoms with Gasteiger partial charge in [-0.15, -0.1) is 5.10 Å². The number of rotatable bonds is 4. The van der Waals surface area contributed by atoms with Crippen molar-refractivity contribution in [3.63, 3.8) is 0 Å². The van der Waals surface area contributed by atoms with Crippen molar-refractivity contribution >= 4 is 39.1 Å². The van der Waals surface area contributed by atoms with Crippen LogP contribution in [0.25, 0.3) is 0 Å². The van der Waals surface area contributed by atoms with Crippen LogP contribution in [0.5, 0.6) is 0 Å². The molecule has 6 heteroatoms. The molecule has 90 valence electrons. The molecule has 0 aliphatic heterocycles. The predicted molar refractivity (Wildman–Crippen MR) is 73.1 cm³/mol. The minimum absolute atomic E-state index is 0.560. The minimum atomic E-state index is 0.560. The van der Waals surface area contributed by atoms with E-state index >= 15 is 0 Å². The van der Waals surface area contributed by atoms with Crippen LogP contribution in [0.3, 0.4) is 0 Å². The SMILES string of the molecule is Clc1cccc(Cn2cc(CCBr)nn2)c1Cl. The number of alkyl halides is 1. The van der Waals surface area contributed by atoms with E-state index in [4.69, 9.17) is 23.2 Å². The van der Waals surface area contributed by atoms with Crippen LogP contribution in [-0.2, 0) is 13.0 Å². The van der Waals surface area contributed by atoms with E-state index in [1.807, 2.05) is 18.3 Å². The molecule has 0 N–H and O–H groups in total. The van der Waals surface area contributed by atoms with E-state index in [2.05, 4.69) is 26.2 Å². The lowest BCUT2D eigenvalue weighted by atomic mass is 10.2. The van der Waals surface area contributed by atoms with Gasteiger partial charge in [-0.05, 0) is 11.6 Å². The number of benzene rings is 1. The molecule has 1 heterocycles. The van der Waals surface area contributed by atoms with E-state index in [0.29, 0.717) is 16.6 Å². The van der Waals surface area contributed by atoms with Gasteiger partial charge in [0.25, 0.3) is 0 Å². The summed E-state index contributed by atoms with van der Waals surface area (Å²) >= 11 is 15.4. The van der Waals surface area contributed by atoms with Crippen LogP contribution in [0.15, 0.2) is 24.4 Å². The Morgan fingerprint density at radius 2 is 2.12 bits per heavy atom. The van der Waals surface area contributed by atoms with E-state index in [1.54, 1.807) is 10.7 Å². The number of halogens is 3. The van der Waals surface area contributed by atoms with Gasteiger partial charge in [-0.3, -0.25) is 0 Å². The fourth-order valence-corrected chi connectivity index (χ4v) is 2.26. The van der Waals surface area contributed by atoms with Crippen LogP contribution in [0.2, 0.25) is 10.0 Å². The van der Waals surface area contributed by atoms with Crippen LogP contribution in [0.1, 0.15) is 11.3 Å². The number of aryl methyl sites for hydroxylation is 1. The molecule has 0 spiro atoms. The third kappa shape index (κ3) is 3.21. The highest BCUT2D eigenvalue weighted by atomic mass is 79.9. The maximum absolute atomic E-state index is 6.11. The summed E-state index contributed by atoms with van der Waals surface area (Å²) < 4.78 is 1.76. The second-order valence-electron chi connectivity index (χ2n) is 3.56. The maximum Gasteiger partial charge on any atom is 0.0835 e. The molecule has 0 fully saturated rings. The van der Waals surface area contributed by atoms with Gasteiger partial charge in [0.05, 0.1) is 22.3 Å². The quantitative estimate of drug-likeness (QED) is 0.800. The molecule has 17 heavy (non-hydrogen) atoms. The largest absolute Gasteiger partial charge is 0.248 e. The summed E-state index contributed by atoms with van der Waals surface area (Å²) in [6, 6.07) is 5.57. The van der Waals surface area contributed by atoms with Crippen LogP contribution < -0.4 is 0 Å². The highest BCUT2D eigenvalue weighted by Crippen LogP contribution is 2.25. The van der Waals surface area contributed by atoms with Crippen molar-refractivity contribution in [3.05, 3.63) is 45.7 Å². The van der Waals surface area contributed by atoms with Gasteiger partial charge >= 0.3 is 0 Å². The van der Waals surface area contributed by atoms with Crippen LogP contribution in [0, 0.1) is 0 Å². The Kier molecular flexibility index (Phi) is 4.42. The van der Waals surface area contributed by atoms with E-state index in [1.165, 1.54) is 0 Å². The molecule has 2 rings (SSSR count). The average molecular weight is 335 g/mol. The van der Waals surface area contributed by atoms with Crippen LogP contribution in [0.4, 0.5) is 0 Å². The first-order valence-electron chi connectivity index (χ1n) is 5.08. The Hall–Kier alpha value is -0.580. The molecular weight excluding hydrogens is 325 g/mol. The van der Waals surface area contributed by atoms with Crippen molar-refractivity contribution < 1.29 is 0 Å². The first-order chi connectivity index (χ1) is 8.20. The fraction of sp³-hybridized carbons (Fsp3) is 0.273. The van der Waals surface area contributed by atoms with Gasteiger partial charge in [0.15, 0.2) is 0 Å². The molecule has 0 amide bonds. The van der Waals surface area contributed by atoms with E-state index < -0.39 is 0 Å². The molecular formula is C11H10BrCl2N3. The van der Waals surface area contributed by atoms with Crippen molar-refractivity contribution in [1.82, 2.24) is 15.0 Å². The molecule has 0 radical (unpaired) electrons. The maximum atomic E-state index is 6.11. The number of nitrogens with zero attached hydrogens (tertiary/aromatic N) is 3. The zero-order chi connectivity index (χ0) is 12.3. The first kappa shape index (κ1) is 12.9. The molecule has 0 aliphatic carbocycles. The van der Waals surface area contributed by atoms with Gasteiger partial charge in [-0.25, -0.2) is 4.68 Å². The van der Waals surface area contributed by atoms with E-state index in [9.17, 15) is 0 Å². The van der Waals surface area contributed by atoms with E-state index in [0.717, 1.165) is 23.0 Å². The zero-order valence-corrected chi connectivity index (χ0v) is 12.0. The van der Waals surface area contributed by atoms with Gasteiger partial charge < -0.3 is 0 Å². The van der Waals surface area contributed by atoms with Crippen molar-refractivity contribution in [2.24, 2.45) is 0 Å². The number of hydrogen-bond acceptors (Lipinski definition) is 2. The lowest BCUT2D eigenvalue weighted by Gasteiger charge is -2.04. The molecule has 1 aromatic heterocycles. The van der Waals surface area contributed by atoms with Gasteiger partial charge in [0, 0.05) is 17.9 Å². The Morgan fingerprint density at radius 3 is 2.88 bits per heavy atom. The Bertz CT molecular complexity index is 513. The van der Waals surface area contributed by atoms with Crippen molar-refractivity contribution in [2.75, 3.05) is 5.33 Å². The van der Waals surface area contributed by atoms with Gasteiger partial charge in [-0.1, -0.05) is 56.5 Å². The second kappa shape index (κ2) is 5.85. The molecule has 1 aromatic carbocycles. The monoisotopic (exact) mass is 333 g/mol. The van der Waals surface area contributed by atoms with Crippen molar-refractivity contribution in [2.45, 2.75) is 13.0 Å². The molecule has 0 saturated heterocycles. The zero-order valence-electron chi connectivity index (χ0n) is 8.91. The van der Waals surface area contributed by atoms with Gasteiger partial charge in [0.1, 0.15) is 0 Å². The molecule has 2 aromatic rings. The third-order valence-corrected chi connectivity index (χ3v) is 3.56. The third-order valence-electron chi connectivity index (χ3n) is 2.30. The molecule has 0 aliphatic rings. The lowest BCUT2D eigenvalue weighted by molar-refractivity contribution is 0.649. The molecule has 0 saturated carbocycles. The summed E-state index contributed by atoms with van der Waals surface area (Å²) in [5.41, 5.74) is 1.90. The summed E-state index contributed by atoms with van der Waals surface area (Å²) in [6.45, 7) is 0.578. The molecule has 3 nitrogen and oxygen atoms in total. The number of hydrogen-bond donors (Lipinski definition) is 0. The standard InChI is InChI=1S/C11H10BrCl2N3/c12-5-4-9-7-17(16-15-9)6-8-2-1-3-10(13)11(8)14/h1-3,7H,4-6H2. The Labute approximate surface area is 118 Å². The summed E-state index contributed by atoms with van der Waals surface area (Å²) in [6.07, 6.45) is 2.78.